The number of hydrogen-bond acceptors (Lipinski definition) is 6. The van der Waals surface area contributed by atoms with Gasteiger partial charge in [0, 0.05) is 11.5 Å². The molecule has 2 rings (SSSR count). The molecule has 0 atom stereocenters. The molecule has 0 aromatic carbocycles. The summed E-state index contributed by atoms with van der Waals surface area (Å²) in [6.45, 7) is 7.89. The Hall–Kier alpha value is -0.720. The lowest BCUT2D eigenvalue weighted by atomic mass is 10.2. The van der Waals surface area contributed by atoms with Crippen molar-refractivity contribution in [2.75, 3.05) is 0 Å². The summed E-state index contributed by atoms with van der Waals surface area (Å²) in [4.78, 5) is 13.1. The van der Waals surface area contributed by atoms with Crippen molar-refractivity contribution < 1.29 is 0 Å². The van der Waals surface area contributed by atoms with E-state index in [-0.39, 0.29) is 5.92 Å². The first-order valence-electron chi connectivity index (χ1n) is 5.49. The predicted octanol–water partition coefficient (Wildman–Crippen LogP) is 3.87. The molecular formula is C11H13ClN4S2. The first kappa shape index (κ1) is 13.7. The molecule has 0 N–H and O–H groups in total. The number of aryl methyl sites for hydroxylation is 1. The summed E-state index contributed by atoms with van der Waals surface area (Å²) in [5, 5.41) is 1.37. The van der Waals surface area contributed by atoms with Crippen LogP contribution in [0.1, 0.15) is 37.0 Å². The van der Waals surface area contributed by atoms with Gasteiger partial charge in [0.2, 0.25) is 0 Å². The molecule has 0 saturated carbocycles. The summed E-state index contributed by atoms with van der Waals surface area (Å²) in [5.41, 5.74) is 0.888. The van der Waals surface area contributed by atoms with Gasteiger partial charge in [-0.15, -0.1) is 0 Å². The summed E-state index contributed by atoms with van der Waals surface area (Å²) >= 11 is 9.00. The number of aromatic nitrogens is 4. The highest BCUT2D eigenvalue weighted by Gasteiger charge is 2.14. The van der Waals surface area contributed by atoms with E-state index in [1.54, 1.807) is 0 Å². The highest BCUT2D eigenvalue weighted by molar-refractivity contribution is 8.00. The Balaban J connectivity index is 2.37. The molecule has 96 valence electrons. The average molecular weight is 301 g/mol. The summed E-state index contributed by atoms with van der Waals surface area (Å²) in [6.07, 6.45) is 0. The van der Waals surface area contributed by atoms with Gasteiger partial charge in [0.05, 0.1) is 0 Å². The van der Waals surface area contributed by atoms with Crippen molar-refractivity contribution in [1.29, 1.82) is 0 Å². The van der Waals surface area contributed by atoms with E-state index >= 15 is 0 Å². The molecule has 0 aliphatic heterocycles. The molecule has 0 radical (unpaired) electrons. The number of nitrogens with zero attached hydrogens (tertiary/aromatic N) is 4. The molecular weight excluding hydrogens is 288 g/mol. The Morgan fingerprint density at radius 3 is 2.44 bits per heavy atom. The van der Waals surface area contributed by atoms with Gasteiger partial charge >= 0.3 is 0 Å². The highest BCUT2D eigenvalue weighted by atomic mass is 35.5. The molecule has 2 aromatic heterocycles. The third-order valence-electron chi connectivity index (χ3n) is 2.27. The van der Waals surface area contributed by atoms with Crippen LogP contribution in [-0.4, -0.2) is 19.3 Å². The second kappa shape index (κ2) is 5.50. The minimum atomic E-state index is 0.249. The Morgan fingerprint density at radius 1 is 1.17 bits per heavy atom. The lowest BCUT2D eigenvalue weighted by molar-refractivity contribution is 0.747. The minimum Gasteiger partial charge on any atom is -0.225 e. The highest BCUT2D eigenvalue weighted by Crippen LogP contribution is 2.32. The lowest BCUT2D eigenvalue weighted by Crippen LogP contribution is -2.01. The average Bonchev–Trinajstić information content (AvgIpc) is 2.70. The van der Waals surface area contributed by atoms with Crippen LogP contribution in [0.3, 0.4) is 0 Å². The maximum atomic E-state index is 6.14. The van der Waals surface area contributed by atoms with Crippen molar-refractivity contribution in [1.82, 2.24) is 19.3 Å². The summed E-state index contributed by atoms with van der Waals surface area (Å²) in [6, 6.07) is 0. The standard InChI is InChI=1S/C11H13ClN4S2/c1-5(2)9-14-8(12)6(3)10(15-9)17-11-13-7(4)16-18-11/h5H,1-4H3. The minimum absolute atomic E-state index is 0.249. The third-order valence-corrected chi connectivity index (χ3v) is 4.57. The zero-order valence-corrected chi connectivity index (χ0v) is 12.9. The number of halogens is 1. The van der Waals surface area contributed by atoms with E-state index in [2.05, 4.69) is 19.3 Å². The van der Waals surface area contributed by atoms with Crippen molar-refractivity contribution in [3.8, 4) is 0 Å². The maximum absolute atomic E-state index is 6.14. The SMILES string of the molecule is Cc1nsc(Sc2nc(C(C)C)nc(Cl)c2C)n1. The second-order valence-electron chi connectivity index (χ2n) is 4.17. The van der Waals surface area contributed by atoms with Gasteiger partial charge in [-0.25, -0.2) is 15.0 Å². The third kappa shape index (κ3) is 2.99. The van der Waals surface area contributed by atoms with E-state index in [0.717, 1.165) is 26.6 Å². The van der Waals surface area contributed by atoms with Gasteiger partial charge in [0.25, 0.3) is 0 Å². The molecule has 18 heavy (non-hydrogen) atoms. The number of hydrogen-bond donors (Lipinski definition) is 0. The van der Waals surface area contributed by atoms with Crippen molar-refractivity contribution in [2.45, 2.75) is 43.0 Å². The van der Waals surface area contributed by atoms with Gasteiger partial charge in [-0.3, -0.25) is 0 Å². The molecule has 2 aromatic rings. The second-order valence-corrected chi connectivity index (χ2v) is 6.51. The van der Waals surface area contributed by atoms with Crippen LogP contribution in [0, 0.1) is 13.8 Å². The Bertz CT molecular complexity index is 568. The normalized spacial score (nSPS) is 11.2. The van der Waals surface area contributed by atoms with Gasteiger partial charge < -0.3 is 0 Å². The predicted molar refractivity (Wildman–Crippen MR) is 74.6 cm³/mol. The van der Waals surface area contributed by atoms with Crippen molar-refractivity contribution >= 4 is 34.9 Å². The van der Waals surface area contributed by atoms with E-state index < -0.39 is 0 Å². The molecule has 0 aliphatic rings. The van der Waals surface area contributed by atoms with E-state index in [9.17, 15) is 0 Å². The summed E-state index contributed by atoms with van der Waals surface area (Å²) in [7, 11) is 0. The quantitative estimate of drug-likeness (QED) is 0.805. The molecule has 0 spiro atoms. The maximum Gasteiger partial charge on any atom is 0.176 e. The Labute approximate surface area is 119 Å². The van der Waals surface area contributed by atoms with E-state index in [0.29, 0.717) is 5.15 Å². The van der Waals surface area contributed by atoms with Gasteiger partial charge in [0.15, 0.2) is 4.34 Å². The van der Waals surface area contributed by atoms with E-state index in [1.807, 2.05) is 27.7 Å². The summed E-state index contributed by atoms with van der Waals surface area (Å²) in [5.74, 6) is 1.79. The molecule has 0 aliphatic carbocycles. The van der Waals surface area contributed by atoms with Gasteiger partial charge in [-0.2, -0.15) is 4.37 Å². The molecule has 0 bridgehead atoms. The molecule has 0 saturated heterocycles. The van der Waals surface area contributed by atoms with Crippen LogP contribution in [0.2, 0.25) is 5.15 Å². The van der Waals surface area contributed by atoms with Crippen LogP contribution in [0.25, 0.3) is 0 Å². The fourth-order valence-corrected chi connectivity index (χ4v) is 3.13. The molecule has 0 amide bonds. The van der Waals surface area contributed by atoms with E-state index in [4.69, 9.17) is 11.6 Å². The van der Waals surface area contributed by atoms with Crippen LogP contribution in [-0.2, 0) is 0 Å². The smallest absolute Gasteiger partial charge is 0.176 e. The zero-order chi connectivity index (χ0) is 13.3. The molecule has 0 fully saturated rings. The van der Waals surface area contributed by atoms with Crippen molar-refractivity contribution in [3.63, 3.8) is 0 Å². The summed E-state index contributed by atoms with van der Waals surface area (Å²) < 4.78 is 5.03. The van der Waals surface area contributed by atoms with Crippen LogP contribution in [0.5, 0.6) is 0 Å². The zero-order valence-electron chi connectivity index (χ0n) is 10.6. The fraction of sp³-hybridized carbons (Fsp3) is 0.455. The molecule has 0 unspecified atom stereocenters. The Kier molecular flexibility index (Phi) is 4.19. The monoisotopic (exact) mass is 300 g/mol. The largest absolute Gasteiger partial charge is 0.225 e. The van der Waals surface area contributed by atoms with Crippen LogP contribution >= 0.6 is 34.9 Å². The van der Waals surface area contributed by atoms with Crippen LogP contribution in [0.15, 0.2) is 9.37 Å². The van der Waals surface area contributed by atoms with E-state index in [1.165, 1.54) is 23.3 Å². The number of rotatable bonds is 3. The van der Waals surface area contributed by atoms with Gasteiger partial charge in [0.1, 0.15) is 21.8 Å². The van der Waals surface area contributed by atoms with Crippen LogP contribution in [0.4, 0.5) is 0 Å². The van der Waals surface area contributed by atoms with Crippen molar-refractivity contribution in [2.24, 2.45) is 0 Å². The lowest BCUT2D eigenvalue weighted by Gasteiger charge is -2.09. The van der Waals surface area contributed by atoms with Gasteiger partial charge in [-0.05, 0) is 37.1 Å². The molecule has 4 nitrogen and oxygen atoms in total. The first-order valence-corrected chi connectivity index (χ1v) is 7.46. The molecule has 7 heteroatoms. The Morgan fingerprint density at radius 2 is 1.89 bits per heavy atom. The molecule has 2 heterocycles. The fourth-order valence-electron chi connectivity index (χ4n) is 1.25. The van der Waals surface area contributed by atoms with Crippen LogP contribution < -0.4 is 0 Å². The first-order chi connectivity index (χ1) is 8.47. The topological polar surface area (TPSA) is 51.6 Å². The van der Waals surface area contributed by atoms with Gasteiger partial charge in [-0.1, -0.05) is 25.4 Å². The van der Waals surface area contributed by atoms with Crippen molar-refractivity contribution in [3.05, 3.63) is 22.4 Å².